The van der Waals surface area contributed by atoms with Gasteiger partial charge in [0, 0.05) is 19.2 Å². The van der Waals surface area contributed by atoms with Gasteiger partial charge in [0.25, 0.3) is 0 Å². The van der Waals surface area contributed by atoms with Crippen molar-refractivity contribution in [1.29, 1.82) is 0 Å². The van der Waals surface area contributed by atoms with Gasteiger partial charge in [-0.25, -0.2) is 0 Å². The molecule has 0 fully saturated rings. The minimum Gasteiger partial charge on any atom is -0.468 e. The van der Waals surface area contributed by atoms with E-state index in [0.29, 0.717) is 6.42 Å². The molecule has 0 saturated heterocycles. The van der Waals surface area contributed by atoms with Gasteiger partial charge in [-0.05, 0) is 23.6 Å². The first-order chi connectivity index (χ1) is 13.0. The molecule has 1 unspecified atom stereocenters. The third-order valence-corrected chi connectivity index (χ3v) is 4.96. The highest BCUT2D eigenvalue weighted by Crippen LogP contribution is 2.45. The van der Waals surface area contributed by atoms with Crippen molar-refractivity contribution in [1.82, 2.24) is 5.32 Å². The Hall–Kier alpha value is -3.15. The number of nitrogens with zero attached hydrogens (tertiary/aromatic N) is 1. The van der Waals surface area contributed by atoms with Crippen LogP contribution in [-0.2, 0) is 31.0 Å². The van der Waals surface area contributed by atoms with E-state index in [1.807, 2.05) is 54.6 Å². The molecular formula is C21H22N2O4. The molecule has 27 heavy (non-hydrogen) atoms. The van der Waals surface area contributed by atoms with Gasteiger partial charge in [0.05, 0.1) is 12.5 Å². The summed E-state index contributed by atoms with van der Waals surface area (Å²) in [5.41, 5.74) is 1.60. The lowest BCUT2D eigenvalue weighted by Crippen LogP contribution is -2.45. The third-order valence-electron chi connectivity index (χ3n) is 4.96. The fourth-order valence-electron chi connectivity index (χ4n) is 3.64. The summed E-state index contributed by atoms with van der Waals surface area (Å²) in [6, 6.07) is 17.2. The van der Waals surface area contributed by atoms with Gasteiger partial charge in [0.2, 0.25) is 11.8 Å². The van der Waals surface area contributed by atoms with E-state index in [-0.39, 0.29) is 24.8 Å². The number of carbonyl (C=O) groups is 3. The van der Waals surface area contributed by atoms with Crippen molar-refractivity contribution >= 4 is 23.5 Å². The Morgan fingerprint density at radius 1 is 1.07 bits per heavy atom. The lowest BCUT2D eigenvalue weighted by molar-refractivity contribution is -0.141. The Morgan fingerprint density at radius 3 is 2.44 bits per heavy atom. The number of likely N-dealkylation sites (N-methyl/N-ethyl adjacent to an activating group) is 1. The van der Waals surface area contributed by atoms with E-state index in [2.05, 4.69) is 10.1 Å². The second kappa shape index (κ2) is 7.61. The number of para-hydroxylation sites is 1. The molecule has 0 spiro atoms. The van der Waals surface area contributed by atoms with Crippen molar-refractivity contribution in [3.63, 3.8) is 0 Å². The Balaban J connectivity index is 1.97. The number of amides is 2. The number of anilines is 1. The average Bonchev–Trinajstić information content (AvgIpc) is 2.89. The van der Waals surface area contributed by atoms with Crippen LogP contribution in [0.15, 0.2) is 54.6 Å². The molecule has 0 aliphatic carbocycles. The molecule has 2 aromatic carbocycles. The zero-order valence-corrected chi connectivity index (χ0v) is 15.4. The van der Waals surface area contributed by atoms with Gasteiger partial charge in [-0.15, -0.1) is 0 Å². The number of methoxy groups -OCH3 is 1. The minimum atomic E-state index is -1.01. The normalized spacial score (nSPS) is 18.1. The summed E-state index contributed by atoms with van der Waals surface area (Å²) in [5, 5.41) is 2.55. The third kappa shape index (κ3) is 3.56. The summed E-state index contributed by atoms with van der Waals surface area (Å²) in [4.78, 5) is 38.8. The van der Waals surface area contributed by atoms with E-state index in [1.54, 1.807) is 11.9 Å². The first-order valence-electron chi connectivity index (χ1n) is 8.73. The minimum absolute atomic E-state index is 0.0426. The number of nitrogens with one attached hydrogen (secondary N) is 1. The molecule has 6 nitrogen and oxygen atoms in total. The van der Waals surface area contributed by atoms with Gasteiger partial charge in [0.1, 0.15) is 6.54 Å². The Kier molecular flexibility index (Phi) is 5.26. The molecule has 1 heterocycles. The molecule has 0 saturated carbocycles. The van der Waals surface area contributed by atoms with Crippen molar-refractivity contribution in [2.75, 3.05) is 25.6 Å². The van der Waals surface area contributed by atoms with Crippen LogP contribution in [0.3, 0.4) is 0 Å². The van der Waals surface area contributed by atoms with Gasteiger partial charge < -0.3 is 15.0 Å². The van der Waals surface area contributed by atoms with Crippen LogP contribution in [0.25, 0.3) is 0 Å². The maximum Gasteiger partial charge on any atom is 0.325 e. The number of ether oxygens (including phenoxy) is 1. The molecule has 2 aromatic rings. The molecule has 1 N–H and O–H groups in total. The summed E-state index contributed by atoms with van der Waals surface area (Å²) in [7, 11) is 2.98. The van der Waals surface area contributed by atoms with Crippen LogP contribution in [0.5, 0.6) is 0 Å². The highest BCUT2D eigenvalue weighted by atomic mass is 16.5. The smallest absolute Gasteiger partial charge is 0.325 e. The fourth-order valence-corrected chi connectivity index (χ4v) is 3.64. The second-order valence-corrected chi connectivity index (χ2v) is 6.66. The SMILES string of the molecule is COC(=O)CNC(=O)CC1(Cc2ccccc2)C(=O)N(C)c2ccccc21. The number of benzene rings is 2. The molecule has 3 rings (SSSR count). The maximum absolute atomic E-state index is 13.3. The Bertz CT molecular complexity index is 865. The van der Waals surface area contributed by atoms with Crippen molar-refractivity contribution in [3.8, 4) is 0 Å². The van der Waals surface area contributed by atoms with Crippen LogP contribution >= 0.6 is 0 Å². The zero-order chi connectivity index (χ0) is 19.4. The van der Waals surface area contributed by atoms with Gasteiger partial charge in [-0.1, -0.05) is 48.5 Å². The summed E-state index contributed by atoms with van der Waals surface area (Å²) >= 11 is 0. The van der Waals surface area contributed by atoms with Gasteiger partial charge >= 0.3 is 5.97 Å². The quantitative estimate of drug-likeness (QED) is 0.792. The summed E-state index contributed by atoms with van der Waals surface area (Å²) in [6.45, 7) is -0.220. The van der Waals surface area contributed by atoms with Crippen LogP contribution in [0.2, 0.25) is 0 Å². The molecule has 140 valence electrons. The number of hydrogen-bond donors (Lipinski definition) is 1. The van der Waals surface area contributed by atoms with Crippen LogP contribution < -0.4 is 10.2 Å². The molecule has 0 radical (unpaired) electrons. The number of fused-ring (bicyclic) bond motifs is 1. The van der Waals surface area contributed by atoms with Gasteiger partial charge in [0.15, 0.2) is 0 Å². The second-order valence-electron chi connectivity index (χ2n) is 6.66. The van der Waals surface area contributed by atoms with E-state index >= 15 is 0 Å². The predicted molar refractivity (Wildman–Crippen MR) is 101 cm³/mol. The highest BCUT2D eigenvalue weighted by molar-refractivity contribution is 6.10. The predicted octanol–water partition coefficient (Wildman–Crippen LogP) is 1.82. The number of hydrogen-bond acceptors (Lipinski definition) is 4. The van der Waals surface area contributed by atoms with Crippen molar-refractivity contribution in [2.45, 2.75) is 18.3 Å². The fraction of sp³-hybridized carbons (Fsp3) is 0.286. The van der Waals surface area contributed by atoms with Crippen LogP contribution in [0.4, 0.5) is 5.69 Å². The van der Waals surface area contributed by atoms with Crippen molar-refractivity contribution < 1.29 is 19.1 Å². The van der Waals surface area contributed by atoms with E-state index in [0.717, 1.165) is 16.8 Å². The number of rotatable bonds is 6. The standard InChI is InChI=1S/C21H22N2O4/c1-23-17-11-7-6-10-16(17)21(20(23)26,12-15-8-4-3-5-9-15)13-18(24)22-14-19(25)27-2/h3-11H,12-14H2,1-2H3,(H,22,24). The Labute approximate surface area is 158 Å². The van der Waals surface area contributed by atoms with Gasteiger partial charge in [-0.2, -0.15) is 0 Å². The molecule has 1 aliphatic heterocycles. The molecule has 1 atom stereocenters. The lowest BCUT2D eigenvalue weighted by Gasteiger charge is -2.28. The van der Waals surface area contributed by atoms with E-state index in [1.165, 1.54) is 7.11 Å². The monoisotopic (exact) mass is 366 g/mol. The summed E-state index contributed by atoms with van der Waals surface area (Å²) < 4.78 is 4.56. The molecule has 0 bridgehead atoms. The number of carbonyl (C=O) groups excluding carboxylic acids is 3. The van der Waals surface area contributed by atoms with E-state index in [4.69, 9.17) is 0 Å². The maximum atomic E-state index is 13.3. The zero-order valence-electron chi connectivity index (χ0n) is 15.4. The van der Waals surface area contributed by atoms with Crippen molar-refractivity contribution in [2.24, 2.45) is 0 Å². The first-order valence-corrected chi connectivity index (χ1v) is 8.73. The summed E-state index contributed by atoms with van der Waals surface area (Å²) in [5.74, 6) is -1.02. The van der Waals surface area contributed by atoms with Crippen LogP contribution in [0, 0.1) is 0 Å². The molecule has 2 amide bonds. The molecule has 6 heteroatoms. The van der Waals surface area contributed by atoms with Gasteiger partial charge in [-0.3, -0.25) is 14.4 Å². The lowest BCUT2D eigenvalue weighted by atomic mass is 9.73. The molecule has 1 aliphatic rings. The Morgan fingerprint density at radius 2 is 1.74 bits per heavy atom. The highest BCUT2D eigenvalue weighted by Gasteiger charge is 2.50. The number of esters is 1. The molecular weight excluding hydrogens is 344 g/mol. The molecule has 0 aromatic heterocycles. The summed E-state index contributed by atoms with van der Waals surface area (Å²) in [6.07, 6.45) is 0.360. The van der Waals surface area contributed by atoms with Crippen molar-refractivity contribution in [3.05, 3.63) is 65.7 Å². The van der Waals surface area contributed by atoms with Crippen LogP contribution in [0.1, 0.15) is 17.5 Å². The van der Waals surface area contributed by atoms with Crippen LogP contribution in [-0.4, -0.2) is 38.5 Å². The largest absolute Gasteiger partial charge is 0.468 e. The topological polar surface area (TPSA) is 75.7 Å². The van der Waals surface area contributed by atoms with E-state index < -0.39 is 11.4 Å². The van der Waals surface area contributed by atoms with E-state index in [9.17, 15) is 14.4 Å². The first kappa shape index (κ1) is 18.6. The average molecular weight is 366 g/mol.